The molecule has 1 saturated heterocycles. The van der Waals surface area contributed by atoms with Gasteiger partial charge in [-0.25, -0.2) is 4.98 Å². The topological polar surface area (TPSA) is 28.2 Å². The SMILES string of the molecule is CNCC1CCCN1c1nc(C)c(C)s1. The van der Waals surface area contributed by atoms with Gasteiger partial charge in [-0.2, -0.15) is 0 Å². The van der Waals surface area contributed by atoms with E-state index >= 15 is 0 Å². The first-order chi connectivity index (χ1) is 7.22. The summed E-state index contributed by atoms with van der Waals surface area (Å²) in [6, 6.07) is 0.639. The summed E-state index contributed by atoms with van der Waals surface area (Å²) in [7, 11) is 2.02. The largest absolute Gasteiger partial charge is 0.344 e. The summed E-state index contributed by atoms with van der Waals surface area (Å²) in [6.07, 6.45) is 2.59. The third-order valence-electron chi connectivity index (χ3n) is 3.08. The molecule has 2 rings (SSSR count). The minimum Gasteiger partial charge on any atom is -0.344 e. The fourth-order valence-corrected chi connectivity index (χ4v) is 3.12. The molecular formula is C11H19N3S. The Bertz CT molecular complexity index is 315. The van der Waals surface area contributed by atoms with Gasteiger partial charge in [0.1, 0.15) is 0 Å². The van der Waals surface area contributed by atoms with Crippen LogP contribution in [-0.2, 0) is 0 Å². The number of anilines is 1. The molecule has 0 spiro atoms. The Labute approximate surface area is 95.5 Å². The van der Waals surface area contributed by atoms with E-state index in [1.165, 1.54) is 35.1 Å². The zero-order chi connectivity index (χ0) is 10.8. The summed E-state index contributed by atoms with van der Waals surface area (Å²) in [6.45, 7) is 6.48. The molecule has 15 heavy (non-hydrogen) atoms. The second-order valence-corrected chi connectivity index (χ2v) is 5.37. The third kappa shape index (κ3) is 2.16. The van der Waals surface area contributed by atoms with Crippen LogP contribution in [0.3, 0.4) is 0 Å². The number of hydrogen-bond acceptors (Lipinski definition) is 4. The van der Waals surface area contributed by atoms with Gasteiger partial charge in [0.25, 0.3) is 0 Å². The van der Waals surface area contributed by atoms with Crippen LogP contribution in [0.25, 0.3) is 0 Å². The predicted octanol–water partition coefficient (Wildman–Crippen LogP) is 1.95. The second-order valence-electron chi connectivity index (χ2n) is 4.19. The summed E-state index contributed by atoms with van der Waals surface area (Å²) in [4.78, 5) is 8.45. The molecule has 1 unspecified atom stereocenters. The van der Waals surface area contributed by atoms with E-state index in [2.05, 4.69) is 29.0 Å². The molecule has 0 bridgehead atoms. The van der Waals surface area contributed by atoms with Crippen molar-refractivity contribution in [1.82, 2.24) is 10.3 Å². The molecular weight excluding hydrogens is 206 g/mol. The summed E-state index contributed by atoms with van der Waals surface area (Å²) < 4.78 is 0. The highest BCUT2D eigenvalue weighted by atomic mass is 32.1. The van der Waals surface area contributed by atoms with E-state index < -0.39 is 0 Å². The average Bonchev–Trinajstić information content (AvgIpc) is 2.76. The molecule has 1 aliphatic heterocycles. The predicted molar refractivity (Wildman–Crippen MR) is 65.9 cm³/mol. The Kier molecular flexibility index (Phi) is 3.26. The van der Waals surface area contributed by atoms with Crippen LogP contribution in [-0.4, -0.2) is 31.2 Å². The molecule has 3 nitrogen and oxygen atoms in total. The zero-order valence-electron chi connectivity index (χ0n) is 9.71. The number of rotatable bonds is 3. The van der Waals surface area contributed by atoms with E-state index in [-0.39, 0.29) is 0 Å². The van der Waals surface area contributed by atoms with E-state index in [1.807, 2.05) is 18.4 Å². The van der Waals surface area contributed by atoms with Gasteiger partial charge in [0.2, 0.25) is 0 Å². The van der Waals surface area contributed by atoms with Crippen LogP contribution < -0.4 is 10.2 Å². The molecule has 0 radical (unpaired) electrons. The number of nitrogens with zero attached hydrogens (tertiary/aromatic N) is 2. The minimum absolute atomic E-state index is 0.639. The van der Waals surface area contributed by atoms with Crippen LogP contribution in [0.2, 0.25) is 0 Å². The lowest BCUT2D eigenvalue weighted by Crippen LogP contribution is -2.36. The number of aromatic nitrogens is 1. The van der Waals surface area contributed by atoms with Crippen LogP contribution in [0.15, 0.2) is 0 Å². The second kappa shape index (κ2) is 4.49. The number of thiazole rings is 1. The summed E-state index contributed by atoms with van der Waals surface area (Å²) in [5, 5.41) is 4.48. The normalized spacial score (nSPS) is 21.3. The molecule has 1 aromatic heterocycles. The van der Waals surface area contributed by atoms with Gasteiger partial charge >= 0.3 is 0 Å². The van der Waals surface area contributed by atoms with Crippen LogP contribution >= 0.6 is 11.3 Å². The maximum absolute atomic E-state index is 4.64. The molecule has 0 amide bonds. The van der Waals surface area contributed by atoms with E-state index in [0.717, 1.165) is 6.54 Å². The van der Waals surface area contributed by atoms with Crippen LogP contribution in [0, 0.1) is 13.8 Å². The van der Waals surface area contributed by atoms with Crippen molar-refractivity contribution in [3.05, 3.63) is 10.6 Å². The zero-order valence-corrected chi connectivity index (χ0v) is 10.5. The number of aryl methyl sites for hydroxylation is 2. The van der Waals surface area contributed by atoms with Crippen molar-refractivity contribution in [3.8, 4) is 0 Å². The maximum atomic E-state index is 4.64. The molecule has 4 heteroatoms. The van der Waals surface area contributed by atoms with Crippen molar-refractivity contribution in [3.63, 3.8) is 0 Å². The fourth-order valence-electron chi connectivity index (χ4n) is 2.11. The highest BCUT2D eigenvalue weighted by Gasteiger charge is 2.26. The number of likely N-dealkylation sites (N-methyl/N-ethyl adjacent to an activating group) is 1. The number of nitrogens with one attached hydrogen (secondary N) is 1. The molecule has 1 N–H and O–H groups in total. The smallest absolute Gasteiger partial charge is 0.186 e. The van der Waals surface area contributed by atoms with Gasteiger partial charge in [0.05, 0.1) is 5.69 Å². The van der Waals surface area contributed by atoms with Crippen LogP contribution in [0.1, 0.15) is 23.4 Å². The first-order valence-electron chi connectivity index (χ1n) is 5.57. The lowest BCUT2D eigenvalue weighted by Gasteiger charge is -2.23. The fraction of sp³-hybridized carbons (Fsp3) is 0.727. The Morgan fingerprint density at radius 3 is 2.93 bits per heavy atom. The summed E-state index contributed by atoms with van der Waals surface area (Å²) >= 11 is 1.83. The maximum Gasteiger partial charge on any atom is 0.186 e. The Hall–Kier alpha value is -0.610. The van der Waals surface area contributed by atoms with Crippen molar-refractivity contribution in [2.75, 3.05) is 25.0 Å². The van der Waals surface area contributed by atoms with Gasteiger partial charge in [0.15, 0.2) is 5.13 Å². The monoisotopic (exact) mass is 225 g/mol. The van der Waals surface area contributed by atoms with E-state index in [9.17, 15) is 0 Å². The molecule has 2 heterocycles. The van der Waals surface area contributed by atoms with Gasteiger partial charge in [-0.15, -0.1) is 11.3 Å². The Morgan fingerprint density at radius 2 is 2.33 bits per heavy atom. The van der Waals surface area contributed by atoms with Crippen molar-refractivity contribution in [1.29, 1.82) is 0 Å². The first-order valence-corrected chi connectivity index (χ1v) is 6.39. The van der Waals surface area contributed by atoms with Gasteiger partial charge in [0, 0.05) is 24.0 Å². The average molecular weight is 225 g/mol. The van der Waals surface area contributed by atoms with Crippen LogP contribution in [0.5, 0.6) is 0 Å². The molecule has 1 aliphatic rings. The van der Waals surface area contributed by atoms with Crippen molar-refractivity contribution in [2.45, 2.75) is 32.7 Å². The third-order valence-corrected chi connectivity index (χ3v) is 4.19. The van der Waals surface area contributed by atoms with Gasteiger partial charge in [-0.05, 0) is 33.7 Å². The molecule has 0 aromatic carbocycles. The quantitative estimate of drug-likeness (QED) is 0.852. The summed E-state index contributed by atoms with van der Waals surface area (Å²) in [5.74, 6) is 0. The van der Waals surface area contributed by atoms with Crippen molar-refractivity contribution in [2.24, 2.45) is 0 Å². The van der Waals surface area contributed by atoms with Crippen LogP contribution in [0.4, 0.5) is 5.13 Å². The molecule has 0 saturated carbocycles. The van der Waals surface area contributed by atoms with E-state index in [1.54, 1.807) is 0 Å². The molecule has 84 valence electrons. The molecule has 1 fully saturated rings. The number of hydrogen-bond donors (Lipinski definition) is 1. The Morgan fingerprint density at radius 1 is 1.53 bits per heavy atom. The lowest BCUT2D eigenvalue weighted by molar-refractivity contribution is 0.614. The minimum atomic E-state index is 0.639. The highest BCUT2D eigenvalue weighted by molar-refractivity contribution is 7.15. The van der Waals surface area contributed by atoms with Crippen molar-refractivity contribution >= 4 is 16.5 Å². The molecule has 1 aromatic rings. The first kappa shape index (κ1) is 10.9. The van der Waals surface area contributed by atoms with Gasteiger partial charge < -0.3 is 10.2 Å². The Balaban J connectivity index is 2.15. The standard InChI is InChI=1S/C11H19N3S/c1-8-9(2)15-11(13-8)14-6-4-5-10(14)7-12-3/h10,12H,4-7H2,1-3H3. The highest BCUT2D eigenvalue weighted by Crippen LogP contribution is 2.30. The lowest BCUT2D eigenvalue weighted by atomic mass is 10.2. The van der Waals surface area contributed by atoms with E-state index in [4.69, 9.17) is 0 Å². The van der Waals surface area contributed by atoms with Crippen molar-refractivity contribution < 1.29 is 0 Å². The summed E-state index contributed by atoms with van der Waals surface area (Å²) in [5.41, 5.74) is 1.19. The van der Waals surface area contributed by atoms with Gasteiger partial charge in [-0.3, -0.25) is 0 Å². The molecule has 1 atom stereocenters. The van der Waals surface area contributed by atoms with E-state index in [0.29, 0.717) is 6.04 Å². The van der Waals surface area contributed by atoms with Gasteiger partial charge in [-0.1, -0.05) is 0 Å². The molecule has 0 aliphatic carbocycles.